The van der Waals surface area contributed by atoms with Crippen LogP contribution in [0.25, 0.3) is 0 Å². The third kappa shape index (κ3) is 24.6. The molecule has 0 radical (unpaired) electrons. The van der Waals surface area contributed by atoms with E-state index in [-0.39, 0.29) is 0 Å². The van der Waals surface area contributed by atoms with Crippen LogP contribution in [0.5, 0.6) is 0 Å². The number of ether oxygens (including phenoxy) is 2. The average Bonchev–Trinajstić information content (AvgIpc) is 3.36. The van der Waals surface area contributed by atoms with Crippen LogP contribution in [-0.2, 0) is 22.3 Å². The molecule has 2 aromatic carbocycles. The average molecular weight is 942 g/mol. The van der Waals surface area contributed by atoms with Crippen LogP contribution < -0.4 is 0 Å². The molecule has 6 nitrogen and oxygen atoms in total. The molecule has 4 unspecified atom stereocenters. The zero-order valence-corrected chi connectivity index (χ0v) is 45.6. The first-order valence-electron chi connectivity index (χ1n) is 29.2. The van der Waals surface area contributed by atoms with Gasteiger partial charge in [-0.3, -0.25) is 0 Å². The highest BCUT2D eigenvalue weighted by atomic mass is 16.5. The molecular formula is C62H108N4O2. The molecule has 0 N–H and O–H groups in total. The van der Waals surface area contributed by atoms with Gasteiger partial charge in [0.25, 0.3) is 0 Å². The molecule has 68 heavy (non-hydrogen) atoms. The molecule has 0 aliphatic carbocycles. The van der Waals surface area contributed by atoms with Crippen LogP contribution in [-0.4, -0.2) is 123 Å². The van der Waals surface area contributed by atoms with E-state index in [0.717, 1.165) is 38.5 Å². The highest BCUT2D eigenvalue weighted by molar-refractivity contribution is 5.15. The Morgan fingerprint density at radius 3 is 0.882 bits per heavy atom. The minimum atomic E-state index is 0.434. The third-order valence-corrected chi connectivity index (χ3v) is 16.2. The van der Waals surface area contributed by atoms with Crippen LogP contribution in [0.15, 0.2) is 60.7 Å². The Morgan fingerprint density at radius 1 is 0.353 bits per heavy atom. The summed E-state index contributed by atoms with van der Waals surface area (Å²) in [5, 5.41) is 0. The van der Waals surface area contributed by atoms with Crippen molar-refractivity contribution < 1.29 is 9.47 Å². The fourth-order valence-corrected chi connectivity index (χ4v) is 11.8. The number of likely N-dealkylation sites (tertiary alicyclic amines) is 4. The lowest BCUT2D eigenvalue weighted by molar-refractivity contribution is 0.0587. The maximum Gasteiger partial charge on any atom is 0.0480 e. The van der Waals surface area contributed by atoms with Crippen LogP contribution in [0.2, 0.25) is 0 Å². The number of aryl methyl sites for hydroxylation is 2. The number of rotatable bonds is 28. The SMILES string of the molecule is CC(C)(C)CCC(CCOCCC(CCC(C)(C)C)N1CCCCC1)N1CCCCC1.c1ccc(CCCC(CCOCCC(CCCc2ccccc2)N2CCCCC2)N2CCCCC2)cc1. The smallest absolute Gasteiger partial charge is 0.0480 e. The lowest BCUT2D eigenvalue weighted by atomic mass is 9.87. The lowest BCUT2D eigenvalue weighted by Gasteiger charge is -2.37. The van der Waals surface area contributed by atoms with Crippen molar-refractivity contribution >= 4 is 0 Å². The topological polar surface area (TPSA) is 31.4 Å². The fourth-order valence-electron chi connectivity index (χ4n) is 11.8. The molecule has 0 amide bonds. The molecule has 0 saturated carbocycles. The van der Waals surface area contributed by atoms with Gasteiger partial charge in [-0.1, -0.05) is 128 Å². The highest BCUT2D eigenvalue weighted by Gasteiger charge is 2.26. The predicted octanol–water partition coefficient (Wildman–Crippen LogP) is 14.7. The van der Waals surface area contributed by atoms with Crippen molar-refractivity contribution in [2.24, 2.45) is 10.8 Å². The second kappa shape index (κ2) is 33.0. The van der Waals surface area contributed by atoms with Crippen LogP contribution in [0.1, 0.15) is 207 Å². The predicted molar refractivity (Wildman–Crippen MR) is 293 cm³/mol. The van der Waals surface area contributed by atoms with Crippen molar-refractivity contribution in [2.75, 3.05) is 78.8 Å². The Bertz CT molecular complexity index is 1370. The molecule has 4 atom stereocenters. The first kappa shape index (κ1) is 57.1. The maximum absolute atomic E-state index is 6.35. The minimum Gasteiger partial charge on any atom is -0.381 e. The Morgan fingerprint density at radius 2 is 0.618 bits per heavy atom. The molecule has 2 aromatic rings. The Hall–Kier alpha value is -1.80. The zero-order chi connectivity index (χ0) is 48.1. The van der Waals surface area contributed by atoms with E-state index in [1.165, 1.54) is 230 Å². The van der Waals surface area contributed by atoms with Gasteiger partial charge in [0.15, 0.2) is 0 Å². The third-order valence-electron chi connectivity index (χ3n) is 16.2. The molecule has 4 aliphatic heterocycles. The number of hydrogen-bond acceptors (Lipinski definition) is 6. The number of benzene rings is 2. The number of piperidine rings is 4. The molecule has 6 heteroatoms. The highest BCUT2D eigenvalue weighted by Crippen LogP contribution is 2.28. The van der Waals surface area contributed by atoms with Crippen LogP contribution in [0, 0.1) is 10.8 Å². The van der Waals surface area contributed by atoms with Crippen molar-refractivity contribution in [3.63, 3.8) is 0 Å². The Kier molecular flexibility index (Phi) is 27.7. The second-order valence-corrected chi connectivity index (χ2v) is 24.3. The van der Waals surface area contributed by atoms with Crippen molar-refractivity contribution in [2.45, 2.75) is 233 Å². The van der Waals surface area contributed by atoms with Crippen LogP contribution in [0.4, 0.5) is 0 Å². The van der Waals surface area contributed by atoms with Crippen LogP contribution in [0.3, 0.4) is 0 Å². The summed E-state index contributed by atoms with van der Waals surface area (Å²) in [7, 11) is 0. The van der Waals surface area contributed by atoms with E-state index in [1.54, 1.807) is 0 Å². The van der Waals surface area contributed by atoms with Crippen molar-refractivity contribution in [3.8, 4) is 0 Å². The monoisotopic (exact) mass is 941 g/mol. The first-order valence-corrected chi connectivity index (χ1v) is 29.2. The van der Waals surface area contributed by atoms with Gasteiger partial charge in [-0.05, 0) is 216 Å². The summed E-state index contributed by atoms with van der Waals surface area (Å²) in [6, 6.07) is 24.8. The quantitative estimate of drug-likeness (QED) is 0.0790. The van der Waals surface area contributed by atoms with Crippen LogP contribution >= 0.6 is 0 Å². The summed E-state index contributed by atoms with van der Waals surface area (Å²) in [5.41, 5.74) is 3.83. The minimum absolute atomic E-state index is 0.434. The molecular weight excluding hydrogens is 833 g/mol. The number of hydrogen-bond donors (Lipinski definition) is 0. The summed E-state index contributed by atoms with van der Waals surface area (Å²) in [6.45, 7) is 28.4. The van der Waals surface area contributed by atoms with E-state index in [1.807, 2.05) is 0 Å². The van der Waals surface area contributed by atoms with Crippen molar-refractivity contribution in [1.82, 2.24) is 19.6 Å². The van der Waals surface area contributed by atoms with E-state index in [0.29, 0.717) is 22.9 Å². The van der Waals surface area contributed by atoms with Gasteiger partial charge in [0.2, 0.25) is 0 Å². The summed E-state index contributed by atoms with van der Waals surface area (Å²) in [5.74, 6) is 0. The number of nitrogens with zero attached hydrogens (tertiary/aromatic N) is 4. The molecule has 4 aliphatic rings. The largest absolute Gasteiger partial charge is 0.381 e. The van der Waals surface area contributed by atoms with E-state index >= 15 is 0 Å². The molecule has 4 saturated heterocycles. The Balaban J connectivity index is 0.000000259. The summed E-state index contributed by atoms with van der Waals surface area (Å²) in [6.07, 6.45) is 34.4. The standard InChI is InChI=1S/C34H52N2O.C28H56N2O/c1-5-15-31(16-6-1)19-13-21-33(35-25-9-3-10-26-35)23-29-37-30-24-34(36-27-11-4-12-28-36)22-14-20-32-17-7-2-8-18-32;1-27(2,3)17-13-25(29-19-9-7-10-20-29)15-23-31-24-16-26(14-18-28(4,5)6)30-21-11-8-12-22-30/h1-2,5-8,15-18,33-34H,3-4,9-14,19-30H2;25-26H,7-24H2,1-6H3. The summed E-state index contributed by atoms with van der Waals surface area (Å²) in [4.78, 5) is 11.1. The molecule has 0 bridgehead atoms. The van der Waals surface area contributed by atoms with E-state index in [2.05, 4.69) is 122 Å². The second-order valence-electron chi connectivity index (χ2n) is 24.3. The Labute approximate surface area is 421 Å². The lowest BCUT2D eigenvalue weighted by Crippen LogP contribution is -2.41. The van der Waals surface area contributed by atoms with E-state index in [9.17, 15) is 0 Å². The molecule has 388 valence electrons. The maximum atomic E-state index is 6.35. The zero-order valence-electron chi connectivity index (χ0n) is 45.6. The van der Waals surface area contributed by atoms with Gasteiger partial charge in [0.05, 0.1) is 0 Å². The first-order chi connectivity index (χ1) is 33.0. The van der Waals surface area contributed by atoms with Gasteiger partial charge < -0.3 is 29.1 Å². The van der Waals surface area contributed by atoms with Crippen molar-refractivity contribution in [3.05, 3.63) is 71.8 Å². The normalized spacial score (nSPS) is 20.3. The molecule has 4 heterocycles. The molecule has 4 fully saturated rings. The molecule has 0 aromatic heterocycles. The summed E-state index contributed by atoms with van der Waals surface area (Å²) < 4.78 is 12.6. The van der Waals surface area contributed by atoms with Crippen molar-refractivity contribution in [1.29, 1.82) is 0 Å². The summed E-state index contributed by atoms with van der Waals surface area (Å²) >= 11 is 0. The van der Waals surface area contributed by atoms with Gasteiger partial charge in [-0.15, -0.1) is 0 Å². The van der Waals surface area contributed by atoms with Gasteiger partial charge >= 0.3 is 0 Å². The van der Waals surface area contributed by atoms with Gasteiger partial charge in [0.1, 0.15) is 0 Å². The van der Waals surface area contributed by atoms with E-state index in [4.69, 9.17) is 9.47 Å². The van der Waals surface area contributed by atoms with E-state index < -0.39 is 0 Å². The van der Waals surface area contributed by atoms with Gasteiger partial charge in [0, 0.05) is 50.6 Å². The van der Waals surface area contributed by atoms with Gasteiger partial charge in [-0.2, -0.15) is 0 Å². The van der Waals surface area contributed by atoms with Gasteiger partial charge in [-0.25, -0.2) is 0 Å². The fraction of sp³-hybridized carbons (Fsp3) is 0.806. The molecule has 0 spiro atoms. The molecule has 6 rings (SSSR count).